The van der Waals surface area contributed by atoms with Gasteiger partial charge in [-0.1, -0.05) is 41.9 Å². The van der Waals surface area contributed by atoms with Crippen molar-refractivity contribution >= 4 is 35.1 Å². The van der Waals surface area contributed by atoms with Gasteiger partial charge in [-0.25, -0.2) is 9.18 Å². The monoisotopic (exact) mass is 387 g/mol. The number of nitrogens with one attached hydrogen (secondary N) is 2. The molecule has 2 aliphatic rings. The number of hydrogen-bond acceptors (Lipinski definition) is 3. The number of aryl methyl sites for hydroxylation is 1. The van der Waals surface area contributed by atoms with Gasteiger partial charge >= 0.3 is 6.03 Å². The molecule has 0 aromatic heterocycles. The van der Waals surface area contributed by atoms with Crippen molar-refractivity contribution in [2.75, 3.05) is 11.9 Å². The molecule has 2 aromatic carbocycles. The number of anilines is 1. The number of carbonyl (C=O) groups is 3. The van der Waals surface area contributed by atoms with E-state index in [-0.39, 0.29) is 10.7 Å². The van der Waals surface area contributed by atoms with Gasteiger partial charge in [0.2, 0.25) is 5.91 Å². The van der Waals surface area contributed by atoms with Crippen LogP contribution in [0.15, 0.2) is 42.5 Å². The molecule has 2 aromatic rings. The van der Waals surface area contributed by atoms with E-state index in [9.17, 15) is 18.8 Å². The van der Waals surface area contributed by atoms with E-state index >= 15 is 0 Å². The van der Waals surface area contributed by atoms with Gasteiger partial charge in [0.1, 0.15) is 12.1 Å². The molecule has 1 atom stereocenters. The molecule has 0 radical (unpaired) electrons. The Morgan fingerprint density at radius 1 is 1.22 bits per heavy atom. The van der Waals surface area contributed by atoms with E-state index in [0.717, 1.165) is 16.0 Å². The SMILES string of the molecule is O=C(CN1C(=O)N[C@]2(CCc3ccccc32)C1=O)Nc1cccc(Cl)c1F. The van der Waals surface area contributed by atoms with E-state index in [1.54, 1.807) is 0 Å². The second-order valence-corrected chi connectivity index (χ2v) is 6.94. The standard InChI is InChI=1S/C19H15ClFN3O3/c20-13-6-3-7-14(16(13)21)22-15(25)10-24-17(26)19(23-18(24)27)9-8-11-4-1-2-5-12(11)19/h1-7H,8-10H2,(H,22,25)(H,23,27)/t19-/m0/s1. The molecular weight excluding hydrogens is 373 g/mol. The first-order chi connectivity index (χ1) is 12.9. The average molecular weight is 388 g/mol. The number of fused-ring (bicyclic) bond motifs is 2. The Morgan fingerprint density at radius 3 is 2.81 bits per heavy atom. The normalized spacial score (nSPS) is 20.7. The first-order valence-electron chi connectivity index (χ1n) is 8.39. The lowest BCUT2D eigenvalue weighted by molar-refractivity contribution is -0.134. The molecule has 2 N–H and O–H groups in total. The molecule has 1 aliphatic carbocycles. The highest BCUT2D eigenvalue weighted by molar-refractivity contribution is 6.31. The number of benzene rings is 2. The molecule has 0 unspecified atom stereocenters. The Hall–Kier alpha value is -2.93. The zero-order chi connectivity index (χ0) is 19.2. The molecule has 27 heavy (non-hydrogen) atoms. The fourth-order valence-electron chi connectivity index (χ4n) is 3.67. The lowest BCUT2D eigenvalue weighted by Crippen LogP contribution is -2.43. The number of imide groups is 1. The molecule has 4 amide bonds. The fraction of sp³-hybridized carbons (Fsp3) is 0.211. The quantitative estimate of drug-likeness (QED) is 0.795. The summed E-state index contributed by atoms with van der Waals surface area (Å²) in [7, 11) is 0. The fourth-order valence-corrected chi connectivity index (χ4v) is 3.84. The maximum absolute atomic E-state index is 13.9. The van der Waals surface area contributed by atoms with Crippen LogP contribution in [-0.2, 0) is 21.5 Å². The Balaban J connectivity index is 1.54. The Bertz CT molecular complexity index is 980. The van der Waals surface area contributed by atoms with Crippen LogP contribution in [0.3, 0.4) is 0 Å². The summed E-state index contributed by atoms with van der Waals surface area (Å²) in [6, 6.07) is 11.0. The van der Waals surface area contributed by atoms with Gasteiger partial charge in [0.25, 0.3) is 5.91 Å². The minimum absolute atomic E-state index is 0.111. The zero-order valence-corrected chi connectivity index (χ0v) is 14.8. The van der Waals surface area contributed by atoms with Crippen molar-refractivity contribution in [1.29, 1.82) is 0 Å². The number of urea groups is 1. The van der Waals surface area contributed by atoms with Gasteiger partial charge < -0.3 is 10.6 Å². The highest BCUT2D eigenvalue weighted by Gasteiger charge is 2.55. The first-order valence-corrected chi connectivity index (χ1v) is 8.76. The van der Waals surface area contributed by atoms with Gasteiger partial charge in [0.05, 0.1) is 10.7 Å². The second-order valence-electron chi connectivity index (χ2n) is 6.53. The number of halogens is 2. The summed E-state index contributed by atoms with van der Waals surface area (Å²) < 4.78 is 13.9. The highest BCUT2D eigenvalue weighted by Crippen LogP contribution is 2.41. The molecule has 1 heterocycles. The summed E-state index contributed by atoms with van der Waals surface area (Å²) in [6.07, 6.45) is 1.11. The maximum atomic E-state index is 13.9. The third-order valence-corrected chi connectivity index (χ3v) is 5.24. The van der Waals surface area contributed by atoms with E-state index in [4.69, 9.17) is 11.6 Å². The van der Waals surface area contributed by atoms with E-state index < -0.39 is 35.7 Å². The van der Waals surface area contributed by atoms with Crippen LogP contribution in [0.5, 0.6) is 0 Å². The molecule has 1 spiro atoms. The topological polar surface area (TPSA) is 78.5 Å². The summed E-state index contributed by atoms with van der Waals surface area (Å²) >= 11 is 5.69. The Kier molecular flexibility index (Phi) is 4.11. The van der Waals surface area contributed by atoms with E-state index in [1.807, 2.05) is 24.3 Å². The molecule has 0 bridgehead atoms. The Morgan fingerprint density at radius 2 is 2.00 bits per heavy atom. The molecule has 0 saturated carbocycles. The van der Waals surface area contributed by atoms with Gasteiger partial charge in [-0.15, -0.1) is 0 Å². The van der Waals surface area contributed by atoms with Crippen LogP contribution >= 0.6 is 11.6 Å². The van der Waals surface area contributed by atoms with Gasteiger partial charge in [0, 0.05) is 0 Å². The van der Waals surface area contributed by atoms with Crippen LogP contribution in [0, 0.1) is 5.82 Å². The molecule has 1 fully saturated rings. The molecule has 4 rings (SSSR count). The largest absolute Gasteiger partial charge is 0.325 e. The van der Waals surface area contributed by atoms with Crippen LogP contribution in [0.25, 0.3) is 0 Å². The summed E-state index contributed by atoms with van der Waals surface area (Å²) in [5.74, 6) is -1.94. The molecule has 8 heteroatoms. The smallest absolute Gasteiger partial charge is 0.322 e. The molecule has 138 valence electrons. The van der Waals surface area contributed by atoms with Gasteiger partial charge in [-0.3, -0.25) is 14.5 Å². The molecule has 1 saturated heterocycles. The van der Waals surface area contributed by atoms with Gasteiger partial charge in [-0.05, 0) is 36.1 Å². The third kappa shape index (κ3) is 2.75. The van der Waals surface area contributed by atoms with Gasteiger partial charge in [0.15, 0.2) is 5.82 Å². The summed E-state index contributed by atoms with van der Waals surface area (Å²) in [4.78, 5) is 38.5. The Labute approximate surface area is 159 Å². The average Bonchev–Trinajstić information content (AvgIpc) is 3.13. The van der Waals surface area contributed by atoms with Crippen LogP contribution < -0.4 is 10.6 Å². The first kappa shape index (κ1) is 17.5. The molecule has 6 nitrogen and oxygen atoms in total. The van der Waals surface area contributed by atoms with Crippen LogP contribution in [0.2, 0.25) is 5.02 Å². The zero-order valence-electron chi connectivity index (χ0n) is 14.1. The van der Waals surface area contributed by atoms with Crippen molar-refractivity contribution in [3.8, 4) is 0 Å². The van der Waals surface area contributed by atoms with Crippen LogP contribution in [0.1, 0.15) is 17.5 Å². The van der Waals surface area contributed by atoms with Crippen molar-refractivity contribution in [3.05, 3.63) is 64.4 Å². The van der Waals surface area contributed by atoms with E-state index in [0.29, 0.717) is 12.8 Å². The lowest BCUT2D eigenvalue weighted by atomic mass is 9.92. The molecular formula is C19H15ClFN3O3. The lowest BCUT2D eigenvalue weighted by Gasteiger charge is -2.22. The van der Waals surface area contributed by atoms with Crippen molar-refractivity contribution in [1.82, 2.24) is 10.2 Å². The number of carbonyl (C=O) groups excluding carboxylic acids is 3. The maximum Gasteiger partial charge on any atom is 0.325 e. The summed E-state index contributed by atoms with van der Waals surface area (Å²) in [5, 5.41) is 4.95. The predicted molar refractivity (Wildman–Crippen MR) is 96.7 cm³/mol. The van der Waals surface area contributed by atoms with Crippen molar-refractivity contribution in [2.24, 2.45) is 0 Å². The van der Waals surface area contributed by atoms with E-state index in [1.165, 1.54) is 18.2 Å². The van der Waals surface area contributed by atoms with Crippen molar-refractivity contribution in [3.63, 3.8) is 0 Å². The number of rotatable bonds is 3. The minimum Gasteiger partial charge on any atom is -0.322 e. The van der Waals surface area contributed by atoms with Crippen LogP contribution in [0.4, 0.5) is 14.9 Å². The summed E-state index contributed by atoms with van der Waals surface area (Å²) in [6.45, 7) is -0.513. The predicted octanol–water partition coefficient (Wildman–Crippen LogP) is 2.81. The summed E-state index contributed by atoms with van der Waals surface area (Å²) in [5.41, 5.74) is 0.515. The van der Waals surface area contributed by atoms with Crippen molar-refractivity contribution in [2.45, 2.75) is 18.4 Å². The number of nitrogens with zero attached hydrogens (tertiary/aromatic N) is 1. The molecule has 1 aliphatic heterocycles. The second kappa shape index (κ2) is 6.35. The number of hydrogen-bond donors (Lipinski definition) is 2. The van der Waals surface area contributed by atoms with Crippen molar-refractivity contribution < 1.29 is 18.8 Å². The number of amides is 4. The van der Waals surface area contributed by atoms with Crippen LogP contribution in [-0.4, -0.2) is 29.3 Å². The highest BCUT2D eigenvalue weighted by atomic mass is 35.5. The third-order valence-electron chi connectivity index (χ3n) is 4.95. The van der Waals surface area contributed by atoms with Gasteiger partial charge in [-0.2, -0.15) is 0 Å². The van der Waals surface area contributed by atoms with E-state index in [2.05, 4.69) is 10.6 Å². The minimum atomic E-state index is -1.13.